The van der Waals surface area contributed by atoms with Crippen LogP contribution in [0.15, 0.2) is 16.0 Å². The Morgan fingerprint density at radius 2 is 2.26 bits per heavy atom. The van der Waals surface area contributed by atoms with Crippen molar-refractivity contribution in [2.24, 2.45) is 0 Å². The number of thioether (sulfide) groups is 1. The molecule has 0 spiro atoms. The van der Waals surface area contributed by atoms with Crippen molar-refractivity contribution in [3.8, 4) is 0 Å². The van der Waals surface area contributed by atoms with Crippen LogP contribution in [0.1, 0.15) is 19.0 Å². The molecule has 0 unspecified atom stereocenters. The van der Waals surface area contributed by atoms with Crippen molar-refractivity contribution in [3.63, 3.8) is 0 Å². The zero-order valence-electron chi connectivity index (χ0n) is 10.9. The Kier molecular flexibility index (Phi) is 4.26. The maximum Gasteiger partial charge on any atom is 0.275 e. The van der Waals surface area contributed by atoms with Crippen molar-refractivity contribution in [1.82, 2.24) is 20.3 Å². The van der Waals surface area contributed by atoms with Gasteiger partial charge in [0.25, 0.3) is 5.56 Å². The molecule has 2 rings (SSSR count). The van der Waals surface area contributed by atoms with Crippen LogP contribution in [-0.4, -0.2) is 33.2 Å². The third kappa shape index (κ3) is 3.37. The molecule has 6 nitrogen and oxygen atoms in total. The molecule has 2 aromatic heterocycles. The van der Waals surface area contributed by atoms with Gasteiger partial charge in [0, 0.05) is 12.2 Å². The van der Waals surface area contributed by atoms with Gasteiger partial charge in [0.15, 0.2) is 5.16 Å². The average molecular weight is 280 g/mol. The number of hydrogen-bond acceptors (Lipinski definition) is 4. The van der Waals surface area contributed by atoms with Gasteiger partial charge in [-0.2, -0.15) is 0 Å². The second-order valence-corrected chi connectivity index (χ2v) is 5.19. The van der Waals surface area contributed by atoms with Gasteiger partial charge in [-0.3, -0.25) is 14.6 Å². The fourth-order valence-corrected chi connectivity index (χ4v) is 2.35. The Morgan fingerprint density at radius 3 is 3.00 bits per heavy atom. The number of aryl methyl sites for hydroxylation is 1. The summed E-state index contributed by atoms with van der Waals surface area (Å²) in [6.07, 6.45) is 0.903. The molecule has 0 aliphatic heterocycles. The van der Waals surface area contributed by atoms with Gasteiger partial charge in [0.2, 0.25) is 5.91 Å². The second-order valence-electron chi connectivity index (χ2n) is 4.22. The van der Waals surface area contributed by atoms with Gasteiger partial charge in [0.05, 0.1) is 11.3 Å². The van der Waals surface area contributed by atoms with Gasteiger partial charge >= 0.3 is 0 Å². The van der Waals surface area contributed by atoms with E-state index in [1.165, 1.54) is 11.8 Å². The predicted octanol–water partition coefficient (Wildman–Crippen LogP) is 1.18. The van der Waals surface area contributed by atoms with Gasteiger partial charge in [-0.1, -0.05) is 18.7 Å². The molecule has 19 heavy (non-hydrogen) atoms. The highest BCUT2D eigenvalue weighted by atomic mass is 32.2. The Hall–Kier alpha value is -1.76. The van der Waals surface area contributed by atoms with Crippen molar-refractivity contribution in [2.75, 3.05) is 12.3 Å². The first kappa shape index (κ1) is 13.7. The minimum Gasteiger partial charge on any atom is -0.355 e. The Labute approximate surface area is 114 Å². The third-order valence-electron chi connectivity index (χ3n) is 2.51. The van der Waals surface area contributed by atoms with Crippen LogP contribution in [0.25, 0.3) is 11.0 Å². The molecular weight excluding hydrogens is 264 g/mol. The SMILES string of the molecule is CCCNC(=O)CSc1nc2cc(C)[nH]c2c(=O)[nH]1. The zero-order valence-corrected chi connectivity index (χ0v) is 11.7. The lowest BCUT2D eigenvalue weighted by atomic mass is 10.4. The Morgan fingerprint density at radius 1 is 1.47 bits per heavy atom. The van der Waals surface area contributed by atoms with E-state index < -0.39 is 0 Å². The van der Waals surface area contributed by atoms with Crippen molar-refractivity contribution in [2.45, 2.75) is 25.4 Å². The van der Waals surface area contributed by atoms with Gasteiger partial charge in [-0.15, -0.1) is 0 Å². The quantitative estimate of drug-likeness (QED) is 0.566. The summed E-state index contributed by atoms with van der Waals surface area (Å²) in [6.45, 7) is 4.53. The highest BCUT2D eigenvalue weighted by Gasteiger charge is 2.08. The molecular formula is C12H16N4O2S. The van der Waals surface area contributed by atoms with Crippen molar-refractivity contribution in [1.29, 1.82) is 0 Å². The van der Waals surface area contributed by atoms with Crippen molar-refractivity contribution < 1.29 is 4.79 Å². The largest absolute Gasteiger partial charge is 0.355 e. The third-order valence-corrected chi connectivity index (χ3v) is 3.39. The normalized spacial score (nSPS) is 10.8. The molecule has 0 aliphatic rings. The molecule has 0 bridgehead atoms. The molecule has 7 heteroatoms. The Balaban J connectivity index is 2.09. The molecule has 0 fully saturated rings. The number of hydrogen-bond donors (Lipinski definition) is 3. The van der Waals surface area contributed by atoms with E-state index in [0.717, 1.165) is 12.1 Å². The molecule has 0 aliphatic carbocycles. The van der Waals surface area contributed by atoms with E-state index in [-0.39, 0.29) is 17.2 Å². The lowest BCUT2D eigenvalue weighted by molar-refractivity contribution is -0.118. The maximum absolute atomic E-state index is 11.8. The van der Waals surface area contributed by atoms with Gasteiger partial charge < -0.3 is 10.3 Å². The molecule has 2 aromatic rings. The minimum absolute atomic E-state index is 0.0557. The first-order chi connectivity index (χ1) is 9.10. The molecule has 3 N–H and O–H groups in total. The second kappa shape index (κ2) is 5.92. The predicted molar refractivity (Wildman–Crippen MR) is 75.5 cm³/mol. The number of carbonyl (C=O) groups is 1. The smallest absolute Gasteiger partial charge is 0.275 e. The fourth-order valence-electron chi connectivity index (χ4n) is 1.65. The van der Waals surface area contributed by atoms with Gasteiger partial charge in [-0.05, 0) is 19.4 Å². The van der Waals surface area contributed by atoms with Crippen LogP contribution >= 0.6 is 11.8 Å². The van der Waals surface area contributed by atoms with Crippen LogP contribution in [0.2, 0.25) is 0 Å². The number of fused-ring (bicyclic) bond motifs is 1. The van der Waals surface area contributed by atoms with Crippen LogP contribution < -0.4 is 10.9 Å². The van der Waals surface area contributed by atoms with Crippen LogP contribution in [-0.2, 0) is 4.79 Å². The summed E-state index contributed by atoms with van der Waals surface area (Å²) in [5, 5.41) is 3.23. The van der Waals surface area contributed by atoms with E-state index in [2.05, 4.69) is 20.3 Å². The molecule has 1 amide bonds. The van der Waals surface area contributed by atoms with Crippen molar-refractivity contribution in [3.05, 3.63) is 22.1 Å². The van der Waals surface area contributed by atoms with Crippen LogP contribution in [0.5, 0.6) is 0 Å². The van der Waals surface area contributed by atoms with Crippen LogP contribution in [0.4, 0.5) is 0 Å². The number of aromatic amines is 2. The van der Waals surface area contributed by atoms with E-state index in [0.29, 0.717) is 22.7 Å². The number of rotatable bonds is 5. The summed E-state index contributed by atoms with van der Waals surface area (Å²) in [7, 11) is 0. The number of carbonyl (C=O) groups excluding carboxylic acids is 1. The summed E-state index contributed by atoms with van der Waals surface area (Å²) in [5.41, 5.74) is 1.76. The molecule has 0 radical (unpaired) electrons. The topological polar surface area (TPSA) is 90.6 Å². The monoisotopic (exact) mass is 280 g/mol. The van der Waals surface area contributed by atoms with E-state index in [1.54, 1.807) is 0 Å². The highest BCUT2D eigenvalue weighted by Crippen LogP contribution is 2.14. The molecule has 0 atom stereocenters. The number of H-pyrrole nitrogens is 2. The first-order valence-corrected chi connectivity index (χ1v) is 7.08. The first-order valence-electron chi connectivity index (χ1n) is 6.09. The standard InChI is InChI=1S/C12H16N4O2S/c1-3-4-13-9(17)6-19-12-15-8-5-7(2)14-10(8)11(18)16-12/h5,14H,3-4,6H2,1-2H3,(H,13,17)(H,15,16,18). The van der Waals surface area contributed by atoms with E-state index in [4.69, 9.17) is 0 Å². The number of nitrogens with zero attached hydrogens (tertiary/aromatic N) is 1. The highest BCUT2D eigenvalue weighted by molar-refractivity contribution is 7.99. The number of aromatic nitrogens is 3. The van der Waals surface area contributed by atoms with E-state index >= 15 is 0 Å². The van der Waals surface area contributed by atoms with E-state index in [9.17, 15) is 9.59 Å². The summed E-state index contributed by atoms with van der Waals surface area (Å²) in [5.74, 6) is 0.192. The number of amides is 1. The van der Waals surface area contributed by atoms with E-state index in [1.807, 2.05) is 19.9 Å². The minimum atomic E-state index is -0.213. The van der Waals surface area contributed by atoms with Crippen LogP contribution in [0.3, 0.4) is 0 Å². The molecule has 0 saturated carbocycles. The average Bonchev–Trinajstić information content (AvgIpc) is 2.75. The fraction of sp³-hybridized carbons (Fsp3) is 0.417. The Bertz CT molecular complexity index is 647. The van der Waals surface area contributed by atoms with Gasteiger partial charge in [0.1, 0.15) is 5.52 Å². The number of nitrogens with one attached hydrogen (secondary N) is 3. The summed E-state index contributed by atoms with van der Waals surface area (Å²) in [4.78, 5) is 33.2. The van der Waals surface area contributed by atoms with Crippen LogP contribution in [0, 0.1) is 6.92 Å². The summed E-state index contributed by atoms with van der Waals surface area (Å²) < 4.78 is 0. The summed E-state index contributed by atoms with van der Waals surface area (Å²) in [6, 6.07) is 1.81. The van der Waals surface area contributed by atoms with Crippen molar-refractivity contribution >= 4 is 28.7 Å². The lowest BCUT2D eigenvalue weighted by Gasteiger charge is -2.02. The maximum atomic E-state index is 11.8. The van der Waals surface area contributed by atoms with Gasteiger partial charge in [-0.25, -0.2) is 4.98 Å². The molecule has 0 aromatic carbocycles. The molecule has 0 saturated heterocycles. The summed E-state index contributed by atoms with van der Waals surface area (Å²) >= 11 is 1.22. The molecule has 2 heterocycles. The lowest BCUT2D eigenvalue weighted by Crippen LogP contribution is -2.25. The molecule has 102 valence electrons. The zero-order chi connectivity index (χ0) is 13.8.